The number of rotatable bonds is 4. The van der Waals surface area contributed by atoms with Crippen LogP contribution in [0.4, 0.5) is 14.5 Å². The first-order valence-corrected chi connectivity index (χ1v) is 6.10. The number of carbonyl (C=O) groups excluding carboxylic acids is 1. The predicted octanol–water partition coefficient (Wildman–Crippen LogP) is 1.02. The highest BCUT2D eigenvalue weighted by molar-refractivity contribution is 5.98. The summed E-state index contributed by atoms with van der Waals surface area (Å²) >= 11 is 0. The molecule has 1 aromatic rings. The summed E-state index contributed by atoms with van der Waals surface area (Å²) in [5.74, 6) is -3.60. The predicted molar refractivity (Wildman–Crippen MR) is 65.9 cm³/mol. The highest BCUT2D eigenvalue weighted by Gasteiger charge is 2.25. The van der Waals surface area contributed by atoms with Crippen LogP contribution in [0.5, 0.6) is 0 Å². The van der Waals surface area contributed by atoms with Gasteiger partial charge >= 0.3 is 0 Å². The lowest BCUT2D eigenvalue weighted by atomic mass is 10.1. The molecule has 0 aromatic heterocycles. The summed E-state index contributed by atoms with van der Waals surface area (Å²) < 4.78 is 36.6. The summed E-state index contributed by atoms with van der Waals surface area (Å²) in [6.07, 6.45) is -0.382. The van der Waals surface area contributed by atoms with Crippen molar-refractivity contribution in [1.29, 1.82) is 0 Å². The number of nitrogens with one attached hydrogen (secondary N) is 1. The molecule has 7 nitrogen and oxygen atoms in total. The van der Waals surface area contributed by atoms with E-state index in [-0.39, 0.29) is 19.3 Å². The molecule has 1 fully saturated rings. The lowest BCUT2D eigenvalue weighted by Gasteiger charge is -2.23. The minimum absolute atomic E-state index is 0.0506. The monoisotopic (exact) mass is 302 g/mol. The van der Waals surface area contributed by atoms with Crippen LogP contribution in [-0.2, 0) is 9.47 Å². The molecular formula is C12H12F2N2O5. The van der Waals surface area contributed by atoms with Crippen molar-refractivity contribution in [3.63, 3.8) is 0 Å². The van der Waals surface area contributed by atoms with E-state index in [9.17, 15) is 23.7 Å². The Morgan fingerprint density at radius 3 is 2.71 bits per heavy atom. The molecule has 114 valence electrons. The first kappa shape index (κ1) is 15.3. The SMILES string of the molecule is O=C(NCC1COCCO1)c1cc(F)c(F)cc1[N+](=O)[O-]. The van der Waals surface area contributed by atoms with Crippen LogP contribution in [0.2, 0.25) is 0 Å². The first-order valence-electron chi connectivity index (χ1n) is 6.10. The molecule has 0 radical (unpaired) electrons. The van der Waals surface area contributed by atoms with Gasteiger partial charge in [-0.25, -0.2) is 8.78 Å². The van der Waals surface area contributed by atoms with E-state index < -0.39 is 33.7 Å². The fourth-order valence-electron chi connectivity index (χ4n) is 1.83. The van der Waals surface area contributed by atoms with Gasteiger partial charge in [-0.2, -0.15) is 0 Å². The Kier molecular flexibility index (Phi) is 4.76. The number of amides is 1. The highest BCUT2D eigenvalue weighted by Crippen LogP contribution is 2.22. The zero-order chi connectivity index (χ0) is 15.4. The Labute approximate surface area is 118 Å². The maximum Gasteiger partial charge on any atom is 0.285 e. The molecule has 0 saturated carbocycles. The largest absolute Gasteiger partial charge is 0.376 e. The van der Waals surface area contributed by atoms with Crippen LogP contribution < -0.4 is 5.32 Å². The molecular weight excluding hydrogens is 290 g/mol. The van der Waals surface area contributed by atoms with Gasteiger partial charge in [-0.15, -0.1) is 0 Å². The molecule has 1 unspecified atom stereocenters. The molecule has 1 saturated heterocycles. The second-order valence-corrected chi connectivity index (χ2v) is 4.32. The number of hydrogen-bond donors (Lipinski definition) is 1. The van der Waals surface area contributed by atoms with Crippen molar-refractivity contribution in [3.8, 4) is 0 Å². The van der Waals surface area contributed by atoms with Gasteiger partial charge in [0.1, 0.15) is 5.56 Å². The fourth-order valence-corrected chi connectivity index (χ4v) is 1.83. The maximum absolute atomic E-state index is 13.2. The molecule has 1 N–H and O–H groups in total. The van der Waals surface area contributed by atoms with Crippen molar-refractivity contribution in [2.75, 3.05) is 26.4 Å². The van der Waals surface area contributed by atoms with E-state index >= 15 is 0 Å². The van der Waals surface area contributed by atoms with Crippen LogP contribution in [0.1, 0.15) is 10.4 Å². The minimum Gasteiger partial charge on any atom is -0.376 e. The van der Waals surface area contributed by atoms with Crippen LogP contribution in [0.3, 0.4) is 0 Å². The van der Waals surface area contributed by atoms with E-state index in [1.807, 2.05) is 0 Å². The summed E-state index contributed by atoms with van der Waals surface area (Å²) in [7, 11) is 0. The van der Waals surface area contributed by atoms with Crippen molar-refractivity contribution < 1.29 is 28.0 Å². The number of ether oxygens (including phenoxy) is 2. The lowest BCUT2D eigenvalue weighted by molar-refractivity contribution is -0.385. The fraction of sp³-hybridized carbons (Fsp3) is 0.417. The van der Waals surface area contributed by atoms with Gasteiger partial charge in [0.05, 0.1) is 36.9 Å². The van der Waals surface area contributed by atoms with Crippen LogP contribution >= 0.6 is 0 Å². The van der Waals surface area contributed by atoms with Crippen LogP contribution in [0.15, 0.2) is 12.1 Å². The van der Waals surface area contributed by atoms with E-state index in [2.05, 4.69) is 5.32 Å². The van der Waals surface area contributed by atoms with Crippen molar-refractivity contribution in [1.82, 2.24) is 5.32 Å². The van der Waals surface area contributed by atoms with Crippen LogP contribution in [0.25, 0.3) is 0 Å². The van der Waals surface area contributed by atoms with Crippen molar-refractivity contribution in [2.24, 2.45) is 0 Å². The Balaban J connectivity index is 2.10. The molecule has 1 atom stereocenters. The Morgan fingerprint density at radius 1 is 1.38 bits per heavy atom. The zero-order valence-corrected chi connectivity index (χ0v) is 10.8. The Hall–Kier alpha value is -2.13. The van der Waals surface area contributed by atoms with Gasteiger partial charge in [0.25, 0.3) is 11.6 Å². The molecule has 1 aliphatic heterocycles. The number of benzene rings is 1. The zero-order valence-electron chi connectivity index (χ0n) is 10.8. The van der Waals surface area contributed by atoms with Crippen molar-refractivity contribution in [2.45, 2.75) is 6.10 Å². The lowest BCUT2D eigenvalue weighted by Crippen LogP contribution is -2.39. The summed E-state index contributed by atoms with van der Waals surface area (Å²) in [6, 6.07) is 0.880. The number of hydrogen-bond acceptors (Lipinski definition) is 5. The number of nitrogens with zero attached hydrogens (tertiary/aromatic N) is 1. The average molecular weight is 302 g/mol. The van der Waals surface area contributed by atoms with E-state index in [1.54, 1.807) is 0 Å². The number of halogens is 2. The second-order valence-electron chi connectivity index (χ2n) is 4.32. The second kappa shape index (κ2) is 6.55. The number of nitro groups is 1. The molecule has 21 heavy (non-hydrogen) atoms. The van der Waals surface area contributed by atoms with Gasteiger partial charge < -0.3 is 14.8 Å². The average Bonchev–Trinajstić information content (AvgIpc) is 2.48. The summed E-state index contributed by atoms with van der Waals surface area (Å²) in [5.41, 5.74) is -1.34. The standard InChI is InChI=1S/C12H12F2N2O5/c13-9-3-8(11(16(18)19)4-10(9)14)12(17)15-5-7-6-20-1-2-21-7/h3-4,7H,1-2,5-6H2,(H,15,17). The topological polar surface area (TPSA) is 90.7 Å². The summed E-state index contributed by atoms with van der Waals surface area (Å²) in [6.45, 7) is 1.17. The molecule has 2 rings (SSSR count). The normalized spacial score (nSPS) is 18.3. The highest BCUT2D eigenvalue weighted by atomic mass is 19.2. The third-order valence-corrected chi connectivity index (χ3v) is 2.86. The maximum atomic E-state index is 13.2. The molecule has 9 heteroatoms. The van der Waals surface area contributed by atoms with Crippen molar-refractivity contribution in [3.05, 3.63) is 39.4 Å². The van der Waals surface area contributed by atoms with Gasteiger partial charge in [-0.3, -0.25) is 14.9 Å². The van der Waals surface area contributed by atoms with Gasteiger partial charge in [0, 0.05) is 6.54 Å². The molecule has 1 aromatic carbocycles. The molecule has 0 bridgehead atoms. The smallest absolute Gasteiger partial charge is 0.285 e. The number of nitro benzene ring substituents is 1. The number of carbonyl (C=O) groups is 1. The van der Waals surface area contributed by atoms with Crippen molar-refractivity contribution >= 4 is 11.6 Å². The van der Waals surface area contributed by atoms with E-state index in [4.69, 9.17) is 9.47 Å². The van der Waals surface area contributed by atoms with Crippen LogP contribution in [0, 0.1) is 21.7 Å². The molecule has 0 aliphatic carbocycles. The Bertz CT molecular complexity index is 561. The third-order valence-electron chi connectivity index (χ3n) is 2.86. The quantitative estimate of drug-likeness (QED) is 0.662. The minimum atomic E-state index is -1.39. The van der Waals surface area contributed by atoms with Gasteiger partial charge in [-0.05, 0) is 6.07 Å². The molecule has 1 amide bonds. The van der Waals surface area contributed by atoms with E-state index in [0.29, 0.717) is 25.3 Å². The Morgan fingerprint density at radius 2 is 2.10 bits per heavy atom. The first-order chi connectivity index (χ1) is 9.99. The van der Waals surface area contributed by atoms with E-state index in [0.717, 1.165) is 0 Å². The summed E-state index contributed by atoms with van der Waals surface area (Å²) in [4.78, 5) is 21.7. The molecule has 1 aliphatic rings. The van der Waals surface area contributed by atoms with Gasteiger partial charge in [0.2, 0.25) is 0 Å². The third kappa shape index (κ3) is 3.70. The van der Waals surface area contributed by atoms with Gasteiger partial charge in [-0.1, -0.05) is 0 Å². The van der Waals surface area contributed by atoms with Crippen LogP contribution in [-0.4, -0.2) is 43.3 Å². The summed E-state index contributed by atoms with van der Waals surface area (Å²) in [5, 5.41) is 13.2. The van der Waals surface area contributed by atoms with E-state index in [1.165, 1.54) is 0 Å². The van der Waals surface area contributed by atoms with Gasteiger partial charge in [0.15, 0.2) is 11.6 Å². The molecule has 1 heterocycles. The molecule has 0 spiro atoms.